The Bertz CT molecular complexity index is 536. The van der Waals surface area contributed by atoms with Crippen molar-refractivity contribution in [2.45, 2.75) is 13.0 Å². The van der Waals surface area contributed by atoms with Crippen molar-refractivity contribution in [2.75, 3.05) is 5.32 Å². The van der Waals surface area contributed by atoms with E-state index in [4.69, 9.17) is 5.11 Å². The lowest BCUT2D eigenvalue weighted by molar-refractivity contribution is -0.137. The van der Waals surface area contributed by atoms with Crippen molar-refractivity contribution in [2.24, 2.45) is 7.05 Å². The van der Waals surface area contributed by atoms with E-state index >= 15 is 0 Å². The average molecular weight is 221 g/mol. The van der Waals surface area contributed by atoms with Crippen LogP contribution >= 0.6 is 0 Å². The predicted molar refractivity (Wildman–Crippen MR) is 57.0 cm³/mol. The van der Waals surface area contributed by atoms with Gasteiger partial charge in [0.25, 0.3) is 0 Å². The van der Waals surface area contributed by atoms with E-state index in [1.54, 1.807) is 17.1 Å². The number of carboxylic acids is 1. The number of anilines is 1. The van der Waals surface area contributed by atoms with Gasteiger partial charge in [0, 0.05) is 7.05 Å². The number of carbonyl (C=O) groups is 1. The highest BCUT2D eigenvalue weighted by molar-refractivity contribution is 5.76. The van der Waals surface area contributed by atoms with Crippen LogP contribution in [0.3, 0.4) is 0 Å². The van der Waals surface area contributed by atoms with Crippen molar-refractivity contribution in [3.8, 4) is 0 Å². The molecule has 0 amide bonds. The number of imidazole rings is 1. The van der Waals surface area contributed by atoms with Gasteiger partial charge in [-0.25, -0.2) is 9.97 Å². The standard InChI is InChI=1S/C9H11N5O2/c1-5(8(15)16)12-9-10-3-6-7(13-9)14(2)4-11-6/h3-5H,1-2H3,(H,15,16)(H,10,12,13). The average Bonchev–Trinajstić information content (AvgIpc) is 2.60. The molecule has 1 atom stereocenters. The summed E-state index contributed by atoms with van der Waals surface area (Å²) < 4.78 is 1.74. The minimum atomic E-state index is -0.950. The molecule has 0 fully saturated rings. The molecule has 0 aromatic carbocycles. The Morgan fingerprint density at radius 2 is 2.31 bits per heavy atom. The van der Waals surface area contributed by atoms with Crippen molar-refractivity contribution in [3.05, 3.63) is 12.5 Å². The van der Waals surface area contributed by atoms with Crippen molar-refractivity contribution < 1.29 is 9.90 Å². The van der Waals surface area contributed by atoms with Crippen LogP contribution in [0.2, 0.25) is 0 Å². The molecule has 0 radical (unpaired) electrons. The molecule has 7 nitrogen and oxygen atoms in total. The fraction of sp³-hybridized carbons (Fsp3) is 0.333. The molecule has 1 unspecified atom stereocenters. The van der Waals surface area contributed by atoms with Crippen LogP contribution in [0.1, 0.15) is 6.92 Å². The number of rotatable bonds is 3. The highest BCUT2D eigenvalue weighted by Gasteiger charge is 2.12. The predicted octanol–water partition coefficient (Wildman–Crippen LogP) is 0.248. The first kappa shape index (κ1) is 10.3. The number of nitrogens with one attached hydrogen (secondary N) is 1. The first-order valence-corrected chi connectivity index (χ1v) is 4.71. The van der Waals surface area contributed by atoms with E-state index in [-0.39, 0.29) is 5.95 Å². The van der Waals surface area contributed by atoms with E-state index in [0.29, 0.717) is 11.2 Å². The molecular formula is C9H11N5O2. The van der Waals surface area contributed by atoms with Crippen LogP contribution in [0.25, 0.3) is 11.2 Å². The zero-order valence-electron chi connectivity index (χ0n) is 8.88. The maximum atomic E-state index is 10.6. The molecule has 2 aromatic heterocycles. The number of carboxylic acid groups (broad SMARTS) is 1. The van der Waals surface area contributed by atoms with Gasteiger partial charge in [-0.2, -0.15) is 4.98 Å². The lowest BCUT2D eigenvalue weighted by atomic mass is 10.3. The normalized spacial score (nSPS) is 12.6. The molecule has 0 saturated heterocycles. The van der Waals surface area contributed by atoms with E-state index < -0.39 is 12.0 Å². The molecule has 0 aliphatic rings. The number of hydrogen-bond acceptors (Lipinski definition) is 5. The second-order valence-corrected chi connectivity index (χ2v) is 3.46. The maximum Gasteiger partial charge on any atom is 0.325 e. The number of fused-ring (bicyclic) bond motifs is 1. The SMILES string of the molecule is CC(Nc1ncc2ncn(C)c2n1)C(=O)O. The van der Waals surface area contributed by atoms with Gasteiger partial charge in [-0.1, -0.05) is 0 Å². The van der Waals surface area contributed by atoms with Crippen molar-refractivity contribution in [1.82, 2.24) is 19.5 Å². The molecule has 0 bridgehead atoms. The summed E-state index contributed by atoms with van der Waals surface area (Å²) in [5.41, 5.74) is 1.34. The van der Waals surface area contributed by atoms with Crippen LogP contribution in [-0.2, 0) is 11.8 Å². The van der Waals surface area contributed by atoms with E-state index in [2.05, 4.69) is 20.3 Å². The minimum absolute atomic E-state index is 0.283. The highest BCUT2D eigenvalue weighted by Crippen LogP contribution is 2.10. The third-order valence-electron chi connectivity index (χ3n) is 2.17. The molecule has 0 spiro atoms. The van der Waals surface area contributed by atoms with Gasteiger partial charge in [-0.05, 0) is 6.92 Å². The van der Waals surface area contributed by atoms with Gasteiger partial charge in [-0.15, -0.1) is 0 Å². The summed E-state index contributed by atoms with van der Waals surface area (Å²) in [5.74, 6) is -0.667. The quantitative estimate of drug-likeness (QED) is 0.771. The maximum absolute atomic E-state index is 10.6. The van der Waals surface area contributed by atoms with Crippen molar-refractivity contribution in [1.29, 1.82) is 0 Å². The molecule has 0 aliphatic heterocycles. The van der Waals surface area contributed by atoms with Crippen molar-refractivity contribution in [3.63, 3.8) is 0 Å². The number of hydrogen-bond donors (Lipinski definition) is 2. The first-order chi connectivity index (χ1) is 7.58. The lowest BCUT2D eigenvalue weighted by Crippen LogP contribution is -2.26. The molecule has 2 rings (SSSR count). The Kier molecular flexibility index (Phi) is 2.43. The number of aliphatic carboxylic acids is 1. The molecule has 2 aromatic rings. The summed E-state index contributed by atoms with van der Waals surface area (Å²) in [7, 11) is 1.81. The second-order valence-electron chi connectivity index (χ2n) is 3.46. The van der Waals surface area contributed by atoms with Gasteiger partial charge in [0.2, 0.25) is 5.95 Å². The van der Waals surface area contributed by atoms with Crippen LogP contribution in [0.5, 0.6) is 0 Å². The van der Waals surface area contributed by atoms with E-state index in [0.717, 1.165) is 0 Å². The fourth-order valence-corrected chi connectivity index (χ4v) is 1.25. The second kappa shape index (κ2) is 3.76. The minimum Gasteiger partial charge on any atom is -0.480 e. The van der Waals surface area contributed by atoms with E-state index in [9.17, 15) is 4.79 Å². The smallest absolute Gasteiger partial charge is 0.325 e. The molecule has 16 heavy (non-hydrogen) atoms. The van der Waals surface area contributed by atoms with Gasteiger partial charge in [-0.3, -0.25) is 4.79 Å². The summed E-state index contributed by atoms with van der Waals surface area (Å²) in [4.78, 5) is 22.9. The topological polar surface area (TPSA) is 92.9 Å². The van der Waals surface area contributed by atoms with Gasteiger partial charge in [0.05, 0.1) is 12.5 Å². The van der Waals surface area contributed by atoms with E-state index in [1.807, 2.05) is 7.05 Å². The van der Waals surface area contributed by atoms with Gasteiger partial charge in [0.1, 0.15) is 11.6 Å². The van der Waals surface area contributed by atoms with Crippen LogP contribution in [-0.4, -0.2) is 36.6 Å². The number of nitrogens with zero attached hydrogens (tertiary/aromatic N) is 4. The van der Waals surface area contributed by atoms with Crippen molar-refractivity contribution >= 4 is 23.1 Å². The Balaban J connectivity index is 2.32. The Morgan fingerprint density at radius 1 is 1.56 bits per heavy atom. The summed E-state index contributed by atoms with van der Waals surface area (Å²) in [6, 6.07) is -0.731. The summed E-state index contributed by atoms with van der Waals surface area (Å²) in [5, 5.41) is 11.4. The number of aryl methyl sites for hydroxylation is 1. The summed E-state index contributed by atoms with van der Waals surface area (Å²) in [6.07, 6.45) is 3.18. The lowest BCUT2D eigenvalue weighted by Gasteiger charge is -2.08. The molecule has 0 aliphatic carbocycles. The summed E-state index contributed by atoms with van der Waals surface area (Å²) >= 11 is 0. The van der Waals surface area contributed by atoms with Crippen LogP contribution in [0.15, 0.2) is 12.5 Å². The first-order valence-electron chi connectivity index (χ1n) is 4.71. The Hall–Kier alpha value is -2.18. The zero-order valence-corrected chi connectivity index (χ0v) is 8.88. The molecule has 0 saturated carbocycles. The van der Waals surface area contributed by atoms with Gasteiger partial charge < -0.3 is 15.0 Å². The van der Waals surface area contributed by atoms with Crippen LogP contribution in [0, 0.1) is 0 Å². The molecule has 7 heteroatoms. The molecule has 84 valence electrons. The molecular weight excluding hydrogens is 210 g/mol. The fourth-order valence-electron chi connectivity index (χ4n) is 1.25. The number of aromatic nitrogens is 4. The third-order valence-corrected chi connectivity index (χ3v) is 2.17. The van der Waals surface area contributed by atoms with E-state index in [1.165, 1.54) is 6.92 Å². The van der Waals surface area contributed by atoms with Crippen LogP contribution in [0.4, 0.5) is 5.95 Å². The Morgan fingerprint density at radius 3 is 3.00 bits per heavy atom. The highest BCUT2D eigenvalue weighted by atomic mass is 16.4. The Labute approximate surface area is 91.2 Å². The van der Waals surface area contributed by atoms with Gasteiger partial charge in [0.15, 0.2) is 5.65 Å². The summed E-state index contributed by atoms with van der Waals surface area (Å²) in [6.45, 7) is 1.53. The van der Waals surface area contributed by atoms with Crippen LogP contribution < -0.4 is 5.32 Å². The molecule has 2 heterocycles. The largest absolute Gasteiger partial charge is 0.480 e. The monoisotopic (exact) mass is 221 g/mol. The molecule has 2 N–H and O–H groups in total. The zero-order chi connectivity index (χ0) is 11.7. The third kappa shape index (κ3) is 1.79. The van der Waals surface area contributed by atoms with Gasteiger partial charge >= 0.3 is 5.97 Å².